The number of carbonyl (C=O) groups excluding carboxylic acids is 2. The van der Waals surface area contributed by atoms with E-state index in [1.165, 1.54) is 5.56 Å². The van der Waals surface area contributed by atoms with E-state index < -0.39 is 44.0 Å². The first-order valence-electron chi connectivity index (χ1n) is 20.5. The Kier molecular flexibility index (Phi) is 15.8. The minimum absolute atomic E-state index is 0.0994. The summed E-state index contributed by atoms with van der Waals surface area (Å²) in [6, 6.07) is 26.0. The van der Waals surface area contributed by atoms with Crippen molar-refractivity contribution in [2.75, 3.05) is 39.9 Å². The second kappa shape index (κ2) is 20.6. The number of aryl methyl sites for hydroxylation is 2. The van der Waals surface area contributed by atoms with Gasteiger partial charge in [-0.15, -0.1) is 0 Å². The van der Waals surface area contributed by atoms with Crippen molar-refractivity contribution < 1.29 is 46.9 Å². The van der Waals surface area contributed by atoms with Crippen molar-refractivity contribution >= 4 is 19.5 Å². The smallest absolute Gasteiger partial charge is 0.337 e. The molecule has 0 N–H and O–H groups in total. The highest BCUT2D eigenvalue weighted by atomic mass is 31.2. The normalized spacial score (nSPS) is 12.9. The third-order valence-corrected chi connectivity index (χ3v) is 11.9. The standard InChI is InChI=1S/C48H59N2O10P/c1-33-23-40(28-50(9)20-22-61(53,59-31-57-45(51)47(3,4)5)60-32-58-46(52)48(6,7)8)44(55-29-36-14-10-13-35(24-36)27-49)26-42(33)56-30-39-15-11-17-41(34(39)2)38-19-18-37-16-12-21-54-43(37)25-38/h10-11,13-15,17-19,23-26H,12,16,20-22,28-32H2,1-9H3. The number of esters is 2. The molecular weight excluding hydrogens is 796 g/mol. The van der Waals surface area contributed by atoms with Gasteiger partial charge in [0, 0.05) is 24.7 Å². The van der Waals surface area contributed by atoms with Gasteiger partial charge in [-0.05, 0) is 138 Å². The first-order chi connectivity index (χ1) is 28.8. The molecule has 61 heavy (non-hydrogen) atoms. The fourth-order valence-corrected chi connectivity index (χ4v) is 7.78. The molecule has 0 fully saturated rings. The molecule has 4 aromatic carbocycles. The molecule has 0 saturated carbocycles. The van der Waals surface area contributed by atoms with E-state index in [1.54, 1.807) is 53.7 Å². The van der Waals surface area contributed by atoms with Gasteiger partial charge in [-0.3, -0.25) is 23.2 Å². The summed E-state index contributed by atoms with van der Waals surface area (Å²) in [5, 5.41) is 9.47. The average Bonchev–Trinajstić information content (AvgIpc) is 3.22. The summed E-state index contributed by atoms with van der Waals surface area (Å²) in [6.45, 7) is 14.9. The summed E-state index contributed by atoms with van der Waals surface area (Å²) in [4.78, 5) is 26.7. The van der Waals surface area contributed by atoms with Crippen LogP contribution in [0.3, 0.4) is 0 Å². The molecule has 0 saturated heterocycles. The van der Waals surface area contributed by atoms with Crippen LogP contribution in [0, 0.1) is 36.0 Å². The molecule has 1 aliphatic rings. The van der Waals surface area contributed by atoms with Gasteiger partial charge in [-0.1, -0.05) is 42.5 Å². The zero-order chi connectivity index (χ0) is 44.4. The van der Waals surface area contributed by atoms with E-state index in [4.69, 9.17) is 32.7 Å². The first-order valence-corrected chi connectivity index (χ1v) is 22.2. The van der Waals surface area contributed by atoms with Crippen molar-refractivity contribution in [2.45, 2.75) is 88.0 Å². The summed E-state index contributed by atoms with van der Waals surface area (Å²) in [5.41, 5.74) is 7.12. The summed E-state index contributed by atoms with van der Waals surface area (Å²) in [6.07, 6.45) is 1.96. The molecule has 13 heteroatoms. The van der Waals surface area contributed by atoms with Gasteiger partial charge in [0.25, 0.3) is 0 Å². The van der Waals surface area contributed by atoms with E-state index >= 15 is 0 Å². The highest BCUT2D eigenvalue weighted by Gasteiger charge is 2.30. The monoisotopic (exact) mass is 854 g/mol. The maximum atomic E-state index is 14.0. The number of ether oxygens (including phenoxy) is 5. The third kappa shape index (κ3) is 13.4. The van der Waals surface area contributed by atoms with E-state index in [1.807, 2.05) is 49.2 Å². The van der Waals surface area contributed by atoms with Crippen molar-refractivity contribution in [2.24, 2.45) is 10.8 Å². The van der Waals surface area contributed by atoms with E-state index in [9.17, 15) is 19.4 Å². The first kappa shape index (κ1) is 46.9. The topological polar surface area (TPSA) is 143 Å². The Bertz CT molecular complexity index is 2230. The van der Waals surface area contributed by atoms with Crippen LogP contribution in [-0.2, 0) is 58.9 Å². The average molecular weight is 855 g/mol. The van der Waals surface area contributed by atoms with Crippen LogP contribution in [0.25, 0.3) is 11.1 Å². The van der Waals surface area contributed by atoms with E-state index in [2.05, 4.69) is 43.3 Å². The quantitative estimate of drug-likeness (QED) is 0.0534. The molecule has 4 aromatic rings. The number of nitriles is 1. The van der Waals surface area contributed by atoms with Gasteiger partial charge in [-0.25, -0.2) is 0 Å². The second-order valence-electron chi connectivity index (χ2n) is 17.4. The van der Waals surface area contributed by atoms with E-state index in [0.717, 1.165) is 64.1 Å². The molecule has 0 aliphatic carbocycles. The van der Waals surface area contributed by atoms with Gasteiger partial charge < -0.3 is 28.6 Å². The van der Waals surface area contributed by atoms with Crippen LogP contribution in [-0.4, -0.2) is 56.8 Å². The third-order valence-electron chi connectivity index (χ3n) is 10.2. The fourth-order valence-electron chi connectivity index (χ4n) is 6.43. The number of hydrogen-bond acceptors (Lipinski definition) is 12. The van der Waals surface area contributed by atoms with Crippen LogP contribution in [0.1, 0.15) is 86.9 Å². The molecular formula is C48H59N2O10P. The Hall–Kier alpha value is -5.18. The Labute approximate surface area is 360 Å². The maximum Gasteiger partial charge on any atom is 0.337 e. The number of benzene rings is 4. The number of carbonyl (C=O) groups is 2. The SMILES string of the molecule is Cc1cc(CN(C)CCP(=O)(OCOC(=O)C(C)(C)C)OCOC(=O)C(C)(C)C)c(OCc2cccc(C#N)c2)cc1OCc1cccc(-c2ccc3c(c2)OCCC3)c1C. The molecule has 0 aromatic heterocycles. The molecule has 0 amide bonds. The molecule has 0 spiro atoms. The van der Waals surface area contributed by atoms with Gasteiger partial charge in [0.05, 0.1) is 35.2 Å². The lowest BCUT2D eigenvalue weighted by atomic mass is 9.94. The van der Waals surface area contributed by atoms with Crippen molar-refractivity contribution in [3.63, 3.8) is 0 Å². The number of rotatable bonds is 18. The number of nitrogens with zero attached hydrogens (tertiary/aromatic N) is 2. The number of fused-ring (bicyclic) bond motifs is 1. The summed E-state index contributed by atoms with van der Waals surface area (Å²) >= 11 is 0. The minimum Gasteiger partial charge on any atom is -0.493 e. The van der Waals surface area contributed by atoms with E-state index in [0.29, 0.717) is 30.2 Å². The fraction of sp³-hybridized carbons (Fsp3) is 0.438. The summed E-state index contributed by atoms with van der Waals surface area (Å²) in [5.74, 6) is 1.11. The lowest BCUT2D eigenvalue weighted by Crippen LogP contribution is -2.26. The van der Waals surface area contributed by atoms with Crippen molar-refractivity contribution in [3.8, 4) is 34.4 Å². The van der Waals surface area contributed by atoms with Crippen LogP contribution in [0.4, 0.5) is 0 Å². The maximum absolute atomic E-state index is 14.0. The van der Waals surface area contributed by atoms with Crippen LogP contribution in [0.15, 0.2) is 72.8 Å². The van der Waals surface area contributed by atoms with Gasteiger partial charge in [0.1, 0.15) is 30.5 Å². The molecule has 0 radical (unpaired) electrons. The van der Waals surface area contributed by atoms with Crippen LogP contribution in [0.2, 0.25) is 0 Å². The molecule has 1 aliphatic heterocycles. The van der Waals surface area contributed by atoms with E-state index in [-0.39, 0.29) is 19.3 Å². The molecule has 5 rings (SSSR count). The van der Waals surface area contributed by atoms with Gasteiger partial charge >= 0.3 is 19.5 Å². The van der Waals surface area contributed by atoms with Crippen molar-refractivity contribution in [1.29, 1.82) is 5.26 Å². The Morgan fingerprint density at radius 2 is 1.49 bits per heavy atom. The highest BCUT2D eigenvalue weighted by Crippen LogP contribution is 2.48. The van der Waals surface area contributed by atoms with Gasteiger partial charge in [0.15, 0.2) is 0 Å². The zero-order valence-corrected chi connectivity index (χ0v) is 37.8. The lowest BCUT2D eigenvalue weighted by Gasteiger charge is -2.24. The lowest BCUT2D eigenvalue weighted by molar-refractivity contribution is -0.162. The van der Waals surface area contributed by atoms with Crippen molar-refractivity contribution in [1.82, 2.24) is 4.90 Å². The van der Waals surface area contributed by atoms with Crippen LogP contribution >= 0.6 is 7.60 Å². The molecule has 0 unspecified atom stereocenters. The highest BCUT2D eigenvalue weighted by molar-refractivity contribution is 7.53. The zero-order valence-electron chi connectivity index (χ0n) is 36.9. The molecule has 326 valence electrons. The van der Waals surface area contributed by atoms with Gasteiger partial charge in [0.2, 0.25) is 13.6 Å². The van der Waals surface area contributed by atoms with Crippen LogP contribution < -0.4 is 14.2 Å². The Morgan fingerprint density at radius 1 is 0.820 bits per heavy atom. The molecule has 1 heterocycles. The predicted octanol–water partition coefficient (Wildman–Crippen LogP) is 10.1. The molecule has 0 atom stereocenters. The van der Waals surface area contributed by atoms with Crippen LogP contribution in [0.5, 0.6) is 17.2 Å². The summed E-state index contributed by atoms with van der Waals surface area (Å²) < 4.78 is 54.4. The van der Waals surface area contributed by atoms with Gasteiger partial charge in [-0.2, -0.15) is 5.26 Å². The van der Waals surface area contributed by atoms with Crippen molar-refractivity contribution in [3.05, 3.63) is 112 Å². The largest absolute Gasteiger partial charge is 0.493 e. The second-order valence-corrected chi connectivity index (χ2v) is 19.6. The molecule has 12 nitrogen and oxygen atoms in total. The molecule has 0 bridgehead atoms. The Balaban J connectivity index is 1.33. The summed E-state index contributed by atoms with van der Waals surface area (Å²) in [7, 11) is -2.08. The Morgan fingerprint density at radius 3 is 2.16 bits per heavy atom. The minimum atomic E-state index is -3.94. The predicted molar refractivity (Wildman–Crippen MR) is 233 cm³/mol. The number of hydrogen-bond donors (Lipinski definition) is 0.